The first-order chi connectivity index (χ1) is 17.9. The second-order valence-corrected chi connectivity index (χ2v) is 8.56. The molecule has 0 aliphatic rings. The fourth-order valence-electron chi connectivity index (χ4n) is 3.67. The highest BCUT2D eigenvalue weighted by atomic mass is 16.5. The summed E-state index contributed by atoms with van der Waals surface area (Å²) in [6.45, 7) is 2.75. The lowest BCUT2D eigenvalue weighted by atomic mass is 10.1. The van der Waals surface area contributed by atoms with Gasteiger partial charge in [0.1, 0.15) is 5.75 Å². The second kappa shape index (κ2) is 11.9. The van der Waals surface area contributed by atoms with Crippen LogP contribution in [0.15, 0.2) is 77.3 Å². The normalized spacial score (nSPS) is 10.6. The fraction of sp³-hybridized carbons (Fsp3) is 0.214. The molecule has 0 unspecified atom stereocenters. The molecule has 0 aliphatic heterocycles. The van der Waals surface area contributed by atoms with E-state index in [-0.39, 0.29) is 11.9 Å². The monoisotopic (exact) mass is 499 g/mol. The Morgan fingerprint density at radius 3 is 2.57 bits per heavy atom. The molecule has 0 saturated carbocycles. The number of nitrogens with one attached hydrogen (secondary N) is 2. The molecule has 0 saturated heterocycles. The van der Waals surface area contributed by atoms with Crippen LogP contribution in [-0.4, -0.2) is 47.7 Å². The molecular weight excluding hydrogens is 470 g/mol. The van der Waals surface area contributed by atoms with Gasteiger partial charge in [-0.05, 0) is 55.0 Å². The Kier molecular flexibility index (Phi) is 8.15. The van der Waals surface area contributed by atoms with Crippen LogP contribution in [-0.2, 0) is 13.0 Å². The van der Waals surface area contributed by atoms with Crippen LogP contribution in [0.4, 0.5) is 10.5 Å². The van der Waals surface area contributed by atoms with Crippen molar-refractivity contribution in [3.8, 4) is 17.2 Å². The molecule has 190 valence electrons. The van der Waals surface area contributed by atoms with Gasteiger partial charge in [-0.1, -0.05) is 35.5 Å². The molecule has 2 N–H and O–H groups in total. The summed E-state index contributed by atoms with van der Waals surface area (Å²) in [5, 5.41) is 9.79. The zero-order chi connectivity index (χ0) is 26.2. The molecule has 4 aromatic rings. The van der Waals surface area contributed by atoms with Gasteiger partial charge in [0.2, 0.25) is 0 Å². The van der Waals surface area contributed by atoms with Crippen molar-refractivity contribution in [1.29, 1.82) is 0 Å². The number of urea groups is 1. The van der Waals surface area contributed by atoms with E-state index in [2.05, 4.69) is 20.8 Å². The van der Waals surface area contributed by atoms with Crippen LogP contribution in [0.1, 0.15) is 27.3 Å². The van der Waals surface area contributed by atoms with Gasteiger partial charge in [0.15, 0.2) is 5.82 Å². The zero-order valence-corrected chi connectivity index (χ0v) is 21.0. The highest BCUT2D eigenvalue weighted by molar-refractivity contribution is 5.94. The lowest BCUT2D eigenvalue weighted by Gasteiger charge is -2.17. The highest BCUT2D eigenvalue weighted by Crippen LogP contribution is 2.19. The Balaban J connectivity index is 1.29. The van der Waals surface area contributed by atoms with Crippen LogP contribution in [0.25, 0.3) is 11.5 Å². The predicted molar refractivity (Wildman–Crippen MR) is 140 cm³/mol. The quantitative estimate of drug-likeness (QED) is 0.346. The van der Waals surface area contributed by atoms with Gasteiger partial charge in [-0.2, -0.15) is 4.98 Å². The average molecular weight is 500 g/mol. The van der Waals surface area contributed by atoms with Crippen molar-refractivity contribution in [3.63, 3.8) is 0 Å². The number of anilines is 1. The van der Waals surface area contributed by atoms with Gasteiger partial charge >= 0.3 is 6.03 Å². The van der Waals surface area contributed by atoms with Crippen molar-refractivity contribution in [2.75, 3.05) is 26.0 Å². The predicted octanol–water partition coefficient (Wildman–Crippen LogP) is 4.69. The molecular formula is C28H29N5O4. The first kappa shape index (κ1) is 25.4. The maximum Gasteiger partial charge on any atom is 0.321 e. The summed E-state index contributed by atoms with van der Waals surface area (Å²) in [7, 11) is 3.31. The summed E-state index contributed by atoms with van der Waals surface area (Å²) in [4.78, 5) is 31.0. The van der Waals surface area contributed by atoms with Gasteiger partial charge in [0.25, 0.3) is 11.8 Å². The zero-order valence-electron chi connectivity index (χ0n) is 21.0. The van der Waals surface area contributed by atoms with Gasteiger partial charge in [0.05, 0.1) is 7.11 Å². The van der Waals surface area contributed by atoms with E-state index in [1.807, 2.05) is 55.5 Å². The molecule has 1 aromatic heterocycles. The maximum absolute atomic E-state index is 12.6. The number of para-hydroxylation sites is 1. The van der Waals surface area contributed by atoms with Crippen LogP contribution in [0.5, 0.6) is 5.75 Å². The fourth-order valence-corrected chi connectivity index (χ4v) is 3.67. The van der Waals surface area contributed by atoms with E-state index in [0.717, 1.165) is 22.6 Å². The Morgan fingerprint density at radius 2 is 1.81 bits per heavy atom. The molecule has 0 bridgehead atoms. The lowest BCUT2D eigenvalue weighted by molar-refractivity contribution is 0.0950. The number of hydrogen-bond donors (Lipinski definition) is 2. The summed E-state index contributed by atoms with van der Waals surface area (Å²) in [5.41, 5.74) is 3.92. The maximum atomic E-state index is 12.6. The van der Waals surface area contributed by atoms with Crippen molar-refractivity contribution >= 4 is 17.6 Å². The van der Waals surface area contributed by atoms with E-state index in [1.54, 1.807) is 43.3 Å². The number of aromatic nitrogens is 2. The molecule has 4 rings (SSSR count). The minimum Gasteiger partial charge on any atom is -0.496 e. The molecule has 0 fully saturated rings. The lowest BCUT2D eigenvalue weighted by Crippen LogP contribution is -2.33. The SMILES string of the molecule is COc1ccccc1CNC(=O)c1ccc(-c2nc(CCN(C)C(=O)Nc3cccc(C)c3)no2)cc1. The third-order valence-electron chi connectivity index (χ3n) is 5.78. The molecule has 0 atom stereocenters. The largest absolute Gasteiger partial charge is 0.496 e. The first-order valence-electron chi connectivity index (χ1n) is 11.8. The van der Waals surface area contributed by atoms with Crippen LogP contribution in [0, 0.1) is 6.92 Å². The molecule has 3 amide bonds. The minimum atomic E-state index is -0.214. The number of carbonyl (C=O) groups is 2. The van der Waals surface area contributed by atoms with E-state index in [4.69, 9.17) is 9.26 Å². The number of hydrogen-bond acceptors (Lipinski definition) is 6. The van der Waals surface area contributed by atoms with E-state index in [1.165, 1.54) is 0 Å². The number of amides is 3. The van der Waals surface area contributed by atoms with Crippen molar-refractivity contribution in [3.05, 3.63) is 95.3 Å². The molecule has 3 aromatic carbocycles. The number of nitrogens with zero attached hydrogens (tertiary/aromatic N) is 3. The van der Waals surface area contributed by atoms with Gasteiger partial charge in [-0.15, -0.1) is 0 Å². The molecule has 0 radical (unpaired) electrons. The van der Waals surface area contributed by atoms with Crippen LogP contribution in [0.3, 0.4) is 0 Å². The van der Waals surface area contributed by atoms with Crippen molar-refractivity contribution in [2.24, 2.45) is 0 Å². The van der Waals surface area contributed by atoms with Crippen LogP contribution >= 0.6 is 0 Å². The average Bonchev–Trinajstić information content (AvgIpc) is 3.39. The first-order valence-corrected chi connectivity index (χ1v) is 11.8. The Labute approximate surface area is 215 Å². The van der Waals surface area contributed by atoms with E-state index >= 15 is 0 Å². The van der Waals surface area contributed by atoms with Crippen molar-refractivity contribution in [1.82, 2.24) is 20.4 Å². The number of ether oxygens (including phenoxy) is 1. The Morgan fingerprint density at radius 1 is 1.03 bits per heavy atom. The number of likely N-dealkylation sites (N-methyl/N-ethyl adjacent to an activating group) is 1. The number of carbonyl (C=O) groups excluding carboxylic acids is 2. The summed E-state index contributed by atoms with van der Waals surface area (Å²) < 4.78 is 10.7. The number of methoxy groups -OCH3 is 1. The molecule has 1 heterocycles. The van der Waals surface area contributed by atoms with E-state index in [0.29, 0.717) is 42.4 Å². The van der Waals surface area contributed by atoms with Crippen molar-refractivity contribution < 1.29 is 18.8 Å². The summed E-state index contributed by atoms with van der Waals surface area (Å²) in [6, 6.07) is 21.9. The molecule has 9 heteroatoms. The topological polar surface area (TPSA) is 110 Å². The highest BCUT2D eigenvalue weighted by Gasteiger charge is 2.14. The van der Waals surface area contributed by atoms with Gasteiger partial charge in [-0.25, -0.2) is 4.79 Å². The summed E-state index contributed by atoms with van der Waals surface area (Å²) in [6.07, 6.45) is 0.435. The van der Waals surface area contributed by atoms with Crippen LogP contribution in [0.2, 0.25) is 0 Å². The summed E-state index contributed by atoms with van der Waals surface area (Å²) in [5.74, 6) is 1.37. The standard InChI is InChI=1S/C28H29N5O4/c1-19-7-6-9-23(17-19)30-28(35)33(2)16-15-25-31-27(37-32-25)21-13-11-20(12-14-21)26(34)29-18-22-8-4-5-10-24(22)36-3/h4-14,17H,15-16,18H2,1-3H3,(H,29,34)(H,30,35). The third-order valence-corrected chi connectivity index (χ3v) is 5.78. The Bertz CT molecular complexity index is 1370. The van der Waals surface area contributed by atoms with Gasteiger partial charge in [0, 0.05) is 48.9 Å². The minimum absolute atomic E-state index is 0.198. The second-order valence-electron chi connectivity index (χ2n) is 8.56. The van der Waals surface area contributed by atoms with E-state index in [9.17, 15) is 9.59 Å². The van der Waals surface area contributed by atoms with Crippen molar-refractivity contribution in [2.45, 2.75) is 19.9 Å². The van der Waals surface area contributed by atoms with Gasteiger partial charge < -0.3 is 24.8 Å². The summed E-state index contributed by atoms with van der Waals surface area (Å²) >= 11 is 0. The molecule has 9 nitrogen and oxygen atoms in total. The van der Waals surface area contributed by atoms with E-state index < -0.39 is 0 Å². The molecule has 0 spiro atoms. The molecule has 37 heavy (non-hydrogen) atoms. The Hall–Kier alpha value is -4.66. The third kappa shape index (κ3) is 6.72. The smallest absolute Gasteiger partial charge is 0.321 e. The van der Waals surface area contributed by atoms with Gasteiger partial charge in [-0.3, -0.25) is 4.79 Å². The molecule has 0 aliphatic carbocycles. The number of benzene rings is 3. The number of rotatable bonds is 9. The number of aryl methyl sites for hydroxylation is 1. The van der Waals surface area contributed by atoms with Crippen LogP contribution < -0.4 is 15.4 Å².